The zero-order valence-electron chi connectivity index (χ0n) is 17.7. The smallest absolute Gasteiger partial charge is 0.291 e. The summed E-state index contributed by atoms with van der Waals surface area (Å²) in [6, 6.07) is 17.7. The minimum Gasteiger partial charge on any atom is -0.446 e. The van der Waals surface area contributed by atoms with E-state index < -0.39 is 11.8 Å². The maximum Gasteiger partial charge on any atom is 0.291 e. The van der Waals surface area contributed by atoms with E-state index in [0.717, 1.165) is 49.0 Å². The highest BCUT2D eigenvalue weighted by Crippen LogP contribution is 2.16. The Balaban J connectivity index is 1.19. The first-order chi connectivity index (χ1) is 16.2. The van der Waals surface area contributed by atoms with E-state index in [1.807, 2.05) is 24.3 Å². The van der Waals surface area contributed by atoms with E-state index in [4.69, 9.17) is 4.42 Å². The van der Waals surface area contributed by atoms with E-state index >= 15 is 0 Å². The van der Waals surface area contributed by atoms with Gasteiger partial charge in [-0.05, 0) is 60.7 Å². The van der Waals surface area contributed by atoms with Gasteiger partial charge in [0.15, 0.2) is 11.5 Å². The molecule has 9 heteroatoms. The molecule has 0 saturated carbocycles. The average molecular weight is 442 g/mol. The van der Waals surface area contributed by atoms with Gasteiger partial charge in [-0.1, -0.05) is 0 Å². The van der Waals surface area contributed by atoms with Crippen LogP contribution < -0.4 is 21.3 Å². The lowest BCUT2D eigenvalue weighted by Crippen LogP contribution is -2.19. The zero-order chi connectivity index (χ0) is 22.6. The van der Waals surface area contributed by atoms with Crippen molar-refractivity contribution < 1.29 is 14.0 Å². The van der Waals surface area contributed by atoms with Gasteiger partial charge in [-0.3, -0.25) is 19.6 Å². The Labute approximate surface area is 190 Å². The topological polar surface area (TPSA) is 120 Å². The molecule has 2 aromatic carbocycles. The quantitative estimate of drug-likeness (QED) is 0.468. The van der Waals surface area contributed by atoms with Gasteiger partial charge in [-0.15, -0.1) is 0 Å². The number of anilines is 2. The number of carbonyl (C=O) groups is 2. The summed E-state index contributed by atoms with van der Waals surface area (Å²) in [5.74, 6) is 0.930. The van der Waals surface area contributed by atoms with Crippen molar-refractivity contribution in [1.82, 2.24) is 10.6 Å². The van der Waals surface area contributed by atoms with Gasteiger partial charge in [0, 0.05) is 35.6 Å². The van der Waals surface area contributed by atoms with Crippen LogP contribution in [0.15, 0.2) is 75.1 Å². The van der Waals surface area contributed by atoms with Gasteiger partial charge in [0.05, 0.1) is 13.1 Å². The predicted molar refractivity (Wildman–Crippen MR) is 126 cm³/mol. The Morgan fingerprint density at radius 3 is 1.45 bits per heavy atom. The summed E-state index contributed by atoms with van der Waals surface area (Å²) in [4.78, 5) is 33.8. The fourth-order valence-electron chi connectivity index (χ4n) is 3.57. The van der Waals surface area contributed by atoms with Gasteiger partial charge in [-0.2, -0.15) is 0 Å². The molecule has 0 spiro atoms. The van der Waals surface area contributed by atoms with Crippen molar-refractivity contribution in [2.75, 3.05) is 36.8 Å². The Morgan fingerprint density at radius 1 is 0.667 bits per heavy atom. The van der Waals surface area contributed by atoms with Gasteiger partial charge >= 0.3 is 0 Å². The number of hydrogen-bond donors (Lipinski definition) is 4. The van der Waals surface area contributed by atoms with Crippen molar-refractivity contribution in [1.29, 1.82) is 0 Å². The molecule has 2 aliphatic heterocycles. The van der Waals surface area contributed by atoms with Crippen molar-refractivity contribution >= 4 is 34.9 Å². The Kier molecular flexibility index (Phi) is 5.59. The van der Waals surface area contributed by atoms with E-state index in [0.29, 0.717) is 11.4 Å². The van der Waals surface area contributed by atoms with Gasteiger partial charge in [0.2, 0.25) is 0 Å². The molecule has 166 valence electrons. The number of nitrogens with one attached hydrogen (secondary N) is 4. The standard InChI is InChI=1S/C24H22N6O3/c31-23(29-17-5-1-15(2-6-17)21-25-11-12-26-21)19-9-10-20(33-19)24(32)30-18-7-3-16(4-8-18)22-27-13-14-28-22/h1-10H,11-14H2,(H,25,26)(H,27,28)(H,29,31)(H,30,32). The van der Waals surface area contributed by atoms with E-state index in [2.05, 4.69) is 31.3 Å². The van der Waals surface area contributed by atoms with Crippen LogP contribution in [0.25, 0.3) is 0 Å². The number of hydrogen-bond acceptors (Lipinski definition) is 7. The minimum absolute atomic E-state index is 0.0479. The summed E-state index contributed by atoms with van der Waals surface area (Å²) in [7, 11) is 0. The summed E-state index contributed by atoms with van der Waals surface area (Å²) in [6.45, 7) is 3.20. The molecule has 0 unspecified atom stereocenters. The number of aliphatic imine (C=N–C) groups is 2. The molecule has 0 saturated heterocycles. The molecule has 3 aromatic rings. The highest BCUT2D eigenvalue weighted by Gasteiger charge is 2.17. The molecule has 1 aromatic heterocycles. The fourth-order valence-corrected chi connectivity index (χ4v) is 3.57. The summed E-state index contributed by atoms with van der Waals surface area (Å²) in [5.41, 5.74) is 3.16. The second-order valence-electron chi connectivity index (χ2n) is 7.54. The van der Waals surface area contributed by atoms with Gasteiger partial charge < -0.3 is 25.7 Å². The van der Waals surface area contributed by atoms with Crippen LogP contribution in [-0.4, -0.2) is 49.7 Å². The number of furan rings is 1. The lowest BCUT2D eigenvalue weighted by atomic mass is 10.2. The Morgan fingerprint density at radius 2 is 1.09 bits per heavy atom. The summed E-state index contributed by atoms with van der Waals surface area (Å²) >= 11 is 0. The van der Waals surface area contributed by atoms with Gasteiger partial charge in [0.25, 0.3) is 11.8 Å². The van der Waals surface area contributed by atoms with E-state index in [-0.39, 0.29) is 11.5 Å². The Hall–Kier alpha value is -4.40. The van der Waals surface area contributed by atoms with Crippen LogP contribution in [0.4, 0.5) is 11.4 Å². The first kappa shape index (κ1) is 20.5. The molecular weight excluding hydrogens is 420 g/mol. The molecule has 5 rings (SSSR count). The number of nitrogens with zero attached hydrogens (tertiary/aromatic N) is 2. The number of amides is 2. The van der Waals surface area contributed by atoms with Crippen molar-refractivity contribution in [3.05, 3.63) is 83.3 Å². The number of benzene rings is 2. The first-order valence-corrected chi connectivity index (χ1v) is 10.7. The average Bonchev–Trinajstić information content (AvgIpc) is 3.63. The molecule has 2 aliphatic rings. The predicted octanol–water partition coefficient (Wildman–Crippen LogP) is 2.48. The van der Waals surface area contributed by atoms with Crippen LogP contribution in [-0.2, 0) is 0 Å². The Bertz CT molecular complexity index is 1150. The SMILES string of the molecule is O=C(Nc1ccc(C2=NCCN2)cc1)c1ccc(C(=O)Nc2ccc(C3=NCCN3)cc2)o1. The summed E-state index contributed by atoms with van der Waals surface area (Å²) in [5, 5.41) is 12.0. The van der Waals surface area contributed by atoms with Crippen LogP contribution in [0.5, 0.6) is 0 Å². The van der Waals surface area contributed by atoms with Crippen LogP contribution >= 0.6 is 0 Å². The molecule has 0 radical (unpaired) electrons. The van der Waals surface area contributed by atoms with Crippen LogP contribution in [0.3, 0.4) is 0 Å². The first-order valence-electron chi connectivity index (χ1n) is 10.7. The number of carbonyl (C=O) groups excluding carboxylic acids is 2. The molecule has 33 heavy (non-hydrogen) atoms. The van der Waals surface area contributed by atoms with Crippen molar-refractivity contribution in [2.45, 2.75) is 0 Å². The highest BCUT2D eigenvalue weighted by atomic mass is 16.4. The van der Waals surface area contributed by atoms with E-state index in [9.17, 15) is 9.59 Å². The molecule has 9 nitrogen and oxygen atoms in total. The van der Waals surface area contributed by atoms with Crippen molar-refractivity contribution in [3.8, 4) is 0 Å². The second-order valence-corrected chi connectivity index (χ2v) is 7.54. The lowest BCUT2D eigenvalue weighted by Gasteiger charge is -2.06. The third kappa shape index (κ3) is 4.62. The monoisotopic (exact) mass is 442 g/mol. The maximum absolute atomic E-state index is 12.5. The third-order valence-corrected chi connectivity index (χ3v) is 5.23. The molecule has 0 bridgehead atoms. The van der Waals surface area contributed by atoms with E-state index in [1.165, 1.54) is 12.1 Å². The fraction of sp³-hybridized carbons (Fsp3) is 0.167. The third-order valence-electron chi connectivity index (χ3n) is 5.23. The van der Waals surface area contributed by atoms with Crippen molar-refractivity contribution in [3.63, 3.8) is 0 Å². The number of rotatable bonds is 6. The van der Waals surface area contributed by atoms with Crippen LogP contribution in [0, 0.1) is 0 Å². The molecule has 0 fully saturated rings. The largest absolute Gasteiger partial charge is 0.446 e. The van der Waals surface area contributed by atoms with Crippen molar-refractivity contribution in [2.24, 2.45) is 9.98 Å². The molecular formula is C24H22N6O3. The highest BCUT2D eigenvalue weighted by molar-refractivity contribution is 6.06. The second kappa shape index (κ2) is 8.99. The maximum atomic E-state index is 12.5. The molecule has 4 N–H and O–H groups in total. The normalized spacial score (nSPS) is 14.7. The van der Waals surface area contributed by atoms with Gasteiger partial charge in [-0.25, -0.2) is 0 Å². The lowest BCUT2D eigenvalue weighted by molar-refractivity contribution is 0.0974. The summed E-state index contributed by atoms with van der Waals surface area (Å²) in [6.07, 6.45) is 0. The molecule has 3 heterocycles. The van der Waals surface area contributed by atoms with Crippen LogP contribution in [0.2, 0.25) is 0 Å². The zero-order valence-corrected chi connectivity index (χ0v) is 17.7. The summed E-state index contributed by atoms with van der Waals surface area (Å²) < 4.78 is 5.48. The van der Waals surface area contributed by atoms with E-state index in [1.54, 1.807) is 24.3 Å². The van der Waals surface area contributed by atoms with Gasteiger partial charge in [0.1, 0.15) is 11.7 Å². The number of amidine groups is 2. The molecule has 0 aliphatic carbocycles. The molecule has 0 atom stereocenters. The minimum atomic E-state index is -0.438. The molecule has 2 amide bonds. The van der Waals surface area contributed by atoms with Crippen LogP contribution in [0.1, 0.15) is 32.2 Å².